The van der Waals surface area contributed by atoms with Gasteiger partial charge in [-0.25, -0.2) is 0 Å². The Kier molecular flexibility index (Phi) is 4.30. The SMILES string of the molecule is COC(C(=O)c1cncc2ccccc12)C1CCCCC1. The second kappa shape index (κ2) is 6.35. The average Bonchev–Trinajstić information content (AvgIpc) is 2.56. The summed E-state index contributed by atoms with van der Waals surface area (Å²) in [6.45, 7) is 0. The lowest BCUT2D eigenvalue weighted by molar-refractivity contribution is 0.0315. The van der Waals surface area contributed by atoms with Gasteiger partial charge in [-0.05, 0) is 24.1 Å². The van der Waals surface area contributed by atoms with Gasteiger partial charge in [0.25, 0.3) is 0 Å². The Morgan fingerprint density at radius 3 is 2.71 bits per heavy atom. The number of nitrogens with zero attached hydrogens (tertiary/aromatic N) is 1. The van der Waals surface area contributed by atoms with E-state index in [1.165, 1.54) is 19.3 Å². The van der Waals surface area contributed by atoms with Crippen LogP contribution in [0.25, 0.3) is 10.8 Å². The van der Waals surface area contributed by atoms with Crippen LogP contribution in [-0.2, 0) is 4.74 Å². The molecule has 2 aromatic rings. The van der Waals surface area contributed by atoms with Crippen molar-refractivity contribution in [3.63, 3.8) is 0 Å². The number of methoxy groups -OCH3 is 1. The summed E-state index contributed by atoms with van der Waals surface area (Å²) >= 11 is 0. The quantitative estimate of drug-likeness (QED) is 0.796. The van der Waals surface area contributed by atoms with E-state index >= 15 is 0 Å². The van der Waals surface area contributed by atoms with E-state index in [0.717, 1.165) is 23.6 Å². The molecule has 3 heteroatoms. The number of Topliss-reactive ketones (excluding diaryl/α,β-unsaturated/α-hetero) is 1. The highest BCUT2D eigenvalue weighted by Crippen LogP contribution is 2.30. The molecule has 1 fully saturated rings. The van der Waals surface area contributed by atoms with E-state index in [0.29, 0.717) is 11.5 Å². The molecular formula is C18H21NO2. The molecule has 1 heterocycles. The number of rotatable bonds is 4. The third kappa shape index (κ3) is 2.84. The molecule has 0 radical (unpaired) electrons. The van der Waals surface area contributed by atoms with Crippen LogP contribution in [0.3, 0.4) is 0 Å². The Hall–Kier alpha value is -1.74. The van der Waals surface area contributed by atoms with E-state index in [1.807, 2.05) is 24.3 Å². The Morgan fingerprint density at radius 1 is 1.19 bits per heavy atom. The van der Waals surface area contributed by atoms with Crippen molar-refractivity contribution in [3.8, 4) is 0 Å². The van der Waals surface area contributed by atoms with E-state index in [2.05, 4.69) is 4.98 Å². The third-order valence-electron chi connectivity index (χ3n) is 4.52. The molecule has 0 bridgehead atoms. The predicted molar refractivity (Wildman–Crippen MR) is 83.4 cm³/mol. The minimum atomic E-state index is -0.335. The highest BCUT2D eigenvalue weighted by atomic mass is 16.5. The van der Waals surface area contributed by atoms with Crippen molar-refractivity contribution in [3.05, 3.63) is 42.2 Å². The molecular weight excluding hydrogens is 262 g/mol. The number of fused-ring (bicyclic) bond motifs is 1. The number of aromatic nitrogens is 1. The Labute approximate surface area is 125 Å². The van der Waals surface area contributed by atoms with E-state index in [1.54, 1.807) is 19.5 Å². The molecule has 3 rings (SSSR count). The highest BCUT2D eigenvalue weighted by Gasteiger charge is 2.31. The smallest absolute Gasteiger partial charge is 0.193 e. The first kappa shape index (κ1) is 14.2. The van der Waals surface area contributed by atoms with Crippen LogP contribution in [0.1, 0.15) is 42.5 Å². The maximum absolute atomic E-state index is 12.9. The van der Waals surface area contributed by atoms with Gasteiger partial charge in [0.15, 0.2) is 5.78 Å². The summed E-state index contributed by atoms with van der Waals surface area (Å²) < 4.78 is 5.58. The van der Waals surface area contributed by atoms with E-state index in [4.69, 9.17) is 4.74 Å². The maximum atomic E-state index is 12.9. The molecule has 3 nitrogen and oxygen atoms in total. The molecule has 0 spiro atoms. The number of benzene rings is 1. The fraction of sp³-hybridized carbons (Fsp3) is 0.444. The zero-order valence-electron chi connectivity index (χ0n) is 12.4. The lowest BCUT2D eigenvalue weighted by Gasteiger charge is -2.28. The van der Waals surface area contributed by atoms with Gasteiger partial charge in [0.2, 0.25) is 0 Å². The number of ketones is 1. The van der Waals surface area contributed by atoms with Gasteiger partial charge < -0.3 is 4.74 Å². The minimum absolute atomic E-state index is 0.0775. The number of hydrogen-bond donors (Lipinski definition) is 0. The molecule has 0 amide bonds. The molecule has 110 valence electrons. The number of carbonyl (C=O) groups excluding carboxylic acids is 1. The zero-order valence-corrected chi connectivity index (χ0v) is 12.4. The molecule has 1 saturated carbocycles. The van der Waals surface area contributed by atoms with Gasteiger partial charge >= 0.3 is 0 Å². The predicted octanol–water partition coefficient (Wildman–Crippen LogP) is 4.01. The van der Waals surface area contributed by atoms with E-state index in [9.17, 15) is 4.79 Å². The number of carbonyl (C=O) groups is 1. The monoisotopic (exact) mass is 283 g/mol. The average molecular weight is 283 g/mol. The summed E-state index contributed by atoms with van der Waals surface area (Å²) in [7, 11) is 1.65. The molecule has 1 aromatic carbocycles. The lowest BCUT2D eigenvalue weighted by atomic mass is 9.82. The molecule has 1 atom stereocenters. The minimum Gasteiger partial charge on any atom is -0.373 e. The van der Waals surface area contributed by atoms with Crippen molar-refractivity contribution >= 4 is 16.6 Å². The van der Waals surface area contributed by atoms with E-state index in [-0.39, 0.29) is 11.9 Å². The molecule has 1 aliphatic carbocycles. The number of ether oxygens (including phenoxy) is 1. The molecule has 0 N–H and O–H groups in total. The zero-order chi connectivity index (χ0) is 14.7. The van der Waals surface area contributed by atoms with Crippen LogP contribution in [0.4, 0.5) is 0 Å². The maximum Gasteiger partial charge on any atom is 0.193 e. The van der Waals surface area contributed by atoms with Gasteiger partial charge in [0.1, 0.15) is 6.10 Å². The summed E-state index contributed by atoms with van der Waals surface area (Å²) in [5, 5.41) is 1.97. The van der Waals surface area contributed by atoms with Crippen molar-refractivity contribution in [2.45, 2.75) is 38.2 Å². The van der Waals surface area contributed by atoms with E-state index < -0.39 is 0 Å². The third-order valence-corrected chi connectivity index (χ3v) is 4.52. The van der Waals surface area contributed by atoms with Gasteiger partial charge in [-0.1, -0.05) is 43.5 Å². The fourth-order valence-electron chi connectivity index (χ4n) is 3.42. The molecule has 0 saturated heterocycles. The van der Waals surface area contributed by atoms with Crippen molar-refractivity contribution in [2.24, 2.45) is 5.92 Å². The van der Waals surface area contributed by atoms with Crippen molar-refractivity contribution in [1.29, 1.82) is 0 Å². The summed E-state index contributed by atoms with van der Waals surface area (Å²) in [4.78, 5) is 17.1. The first-order chi connectivity index (χ1) is 10.3. The van der Waals surface area contributed by atoms with Crippen molar-refractivity contribution < 1.29 is 9.53 Å². The second-order valence-electron chi connectivity index (χ2n) is 5.83. The first-order valence-electron chi connectivity index (χ1n) is 7.71. The standard InChI is InChI=1S/C18H21NO2/c1-21-18(13-7-3-2-4-8-13)17(20)16-12-19-11-14-9-5-6-10-15(14)16/h5-6,9-13,18H,2-4,7-8H2,1H3. The van der Waals surface area contributed by atoms with Crippen molar-refractivity contribution in [2.75, 3.05) is 7.11 Å². The summed E-state index contributed by atoms with van der Waals surface area (Å²) in [6, 6.07) is 7.90. The Bertz CT molecular complexity index is 627. The number of hydrogen-bond acceptors (Lipinski definition) is 3. The van der Waals surface area contributed by atoms with Crippen LogP contribution >= 0.6 is 0 Å². The highest BCUT2D eigenvalue weighted by molar-refractivity contribution is 6.09. The van der Waals surface area contributed by atoms with Gasteiger partial charge in [-0.15, -0.1) is 0 Å². The molecule has 1 aromatic heterocycles. The van der Waals surface area contributed by atoms with Gasteiger partial charge in [-0.2, -0.15) is 0 Å². The second-order valence-corrected chi connectivity index (χ2v) is 5.83. The summed E-state index contributed by atoms with van der Waals surface area (Å²) in [6.07, 6.45) is 8.99. The van der Waals surface area contributed by atoms with Crippen LogP contribution in [0.15, 0.2) is 36.7 Å². The summed E-state index contributed by atoms with van der Waals surface area (Å²) in [5.41, 5.74) is 0.686. The van der Waals surface area contributed by atoms with Crippen LogP contribution in [-0.4, -0.2) is 24.0 Å². The molecule has 1 aliphatic rings. The largest absolute Gasteiger partial charge is 0.373 e. The lowest BCUT2D eigenvalue weighted by Crippen LogP contribution is -2.33. The fourth-order valence-corrected chi connectivity index (χ4v) is 3.42. The molecule has 0 aliphatic heterocycles. The van der Waals surface area contributed by atoms with Gasteiger partial charge in [0, 0.05) is 30.5 Å². The first-order valence-corrected chi connectivity index (χ1v) is 7.71. The van der Waals surface area contributed by atoms with Crippen LogP contribution in [0, 0.1) is 5.92 Å². The summed E-state index contributed by atoms with van der Waals surface area (Å²) in [5.74, 6) is 0.420. The normalized spacial score (nSPS) is 17.8. The number of pyridine rings is 1. The molecule has 21 heavy (non-hydrogen) atoms. The Balaban J connectivity index is 1.94. The molecule has 1 unspecified atom stereocenters. The van der Waals surface area contributed by atoms with Crippen LogP contribution in [0.5, 0.6) is 0 Å². The van der Waals surface area contributed by atoms with Crippen LogP contribution < -0.4 is 0 Å². The Morgan fingerprint density at radius 2 is 1.95 bits per heavy atom. The van der Waals surface area contributed by atoms with Crippen LogP contribution in [0.2, 0.25) is 0 Å². The van der Waals surface area contributed by atoms with Gasteiger partial charge in [0.05, 0.1) is 0 Å². The topological polar surface area (TPSA) is 39.2 Å². The van der Waals surface area contributed by atoms with Crippen molar-refractivity contribution in [1.82, 2.24) is 4.98 Å². The van der Waals surface area contributed by atoms with Gasteiger partial charge in [-0.3, -0.25) is 9.78 Å².